The van der Waals surface area contributed by atoms with Crippen molar-refractivity contribution in [1.29, 1.82) is 0 Å². The summed E-state index contributed by atoms with van der Waals surface area (Å²) < 4.78 is 5.22. The molecule has 0 aromatic carbocycles. The van der Waals surface area contributed by atoms with Crippen LogP contribution in [0.3, 0.4) is 0 Å². The average Bonchev–Trinajstić information content (AvgIpc) is 1.83. The third kappa shape index (κ3) is 0.681. The van der Waals surface area contributed by atoms with Crippen LogP contribution in [-0.4, -0.2) is 40.8 Å². The van der Waals surface area contributed by atoms with Crippen LogP contribution in [0.25, 0.3) is 0 Å². The third-order valence-electron chi connectivity index (χ3n) is 2.36. The van der Waals surface area contributed by atoms with Gasteiger partial charge in [-0.15, -0.1) is 0 Å². The normalized spacial score (nSPS) is 42.0. The summed E-state index contributed by atoms with van der Waals surface area (Å²) >= 11 is 0. The summed E-state index contributed by atoms with van der Waals surface area (Å²) in [5, 5.41) is 0. The van der Waals surface area contributed by atoms with Gasteiger partial charge in [-0.1, -0.05) is 0 Å². The molecular weight excluding hydrogens is 132 g/mol. The molecule has 1 aliphatic heterocycles. The first-order valence-corrected chi connectivity index (χ1v) is 7.46. The van der Waals surface area contributed by atoms with Crippen molar-refractivity contribution in [2.45, 2.75) is 13.1 Å². The van der Waals surface area contributed by atoms with Crippen molar-refractivity contribution in [1.82, 2.24) is 8.46 Å². The van der Waals surface area contributed by atoms with Gasteiger partial charge in [-0.3, -0.25) is 0 Å². The molecule has 1 aliphatic rings. The molecule has 0 amide bonds. The first kappa shape index (κ1) is 6.47. The van der Waals surface area contributed by atoms with Gasteiger partial charge in [0.05, 0.1) is 0 Å². The summed E-state index contributed by atoms with van der Waals surface area (Å²) in [4.78, 5) is 0. The molecule has 8 heavy (non-hydrogen) atoms. The van der Waals surface area contributed by atoms with Crippen molar-refractivity contribution in [2.75, 3.05) is 14.1 Å². The maximum Gasteiger partial charge on any atom is 0.174 e. The van der Waals surface area contributed by atoms with Crippen molar-refractivity contribution in [3.63, 3.8) is 0 Å². The van der Waals surface area contributed by atoms with Gasteiger partial charge in [0.15, 0.2) is 18.2 Å². The van der Waals surface area contributed by atoms with Crippen LogP contribution in [0, 0.1) is 0 Å². The predicted molar refractivity (Wildman–Crippen MR) is 41.6 cm³/mol. The summed E-state index contributed by atoms with van der Waals surface area (Å²) in [6.07, 6.45) is 0. The molecule has 0 aromatic heterocycles. The van der Waals surface area contributed by atoms with Gasteiger partial charge >= 0.3 is 0 Å². The van der Waals surface area contributed by atoms with Crippen molar-refractivity contribution < 1.29 is 0 Å². The number of nitrogens with zero attached hydrogens (tertiary/aromatic N) is 2. The van der Waals surface area contributed by atoms with Crippen molar-refractivity contribution >= 4 is 18.2 Å². The average molecular weight is 146 g/mol. The minimum Gasteiger partial charge on any atom is -0.330 e. The molecule has 1 fully saturated rings. The van der Waals surface area contributed by atoms with E-state index in [1.807, 2.05) is 0 Å². The molecular formula is C4H14N2Si2. The first-order chi connectivity index (χ1) is 3.64. The van der Waals surface area contributed by atoms with Gasteiger partial charge in [0.2, 0.25) is 0 Å². The molecule has 0 atom stereocenters. The molecule has 0 saturated carbocycles. The Balaban J connectivity index is 2.42. The van der Waals surface area contributed by atoms with Gasteiger partial charge in [0, 0.05) is 0 Å². The molecule has 4 heteroatoms. The molecule has 2 nitrogen and oxygen atoms in total. The highest BCUT2D eigenvalue weighted by Crippen LogP contribution is 2.13. The third-order valence-corrected chi connectivity index (χ3v) is 12.3. The van der Waals surface area contributed by atoms with Gasteiger partial charge in [0.1, 0.15) is 0 Å². The molecule has 48 valence electrons. The lowest BCUT2D eigenvalue weighted by atomic mass is 11.6. The molecule has 0 aliphatic carbocycles. The first-order valence-electron chi connectivity index (χ1n) is 3.08. The van der Waals surface area contributed by atoms with Gasteiger partial charge in [0.25, 0.3) is 0 Å². The van der Waals surface area contributed by atoms with E-state index in [1.54, 1.807) is 0 Å². The van der Waals surface area contributed by atoms with E-state index in [4.69, 9.17) is 0 Å². The van der Waals surface area contributed by atoms with Gasteiger partial charge < -0.3 is 8.46 Å². The number of rotatable bonds is 0. The lowest BCUT2D eigenvalue weighted by Gasteiger charge is -2.50. The predicted octanol–water partition coefficient (Wildman–Crippen LogP) is -0.436. The van der Waals surface area contributed by atoms with E-state index in [-0.39, 0.29) is 0 Å². The molecule has 0 spiro atoms. The van der Waals surface area contributed by atoms with Crippen LogP contribution in [0.1, 0.15) is 0 Å². The summed E-state index contributed by atoms with van der Waals surface area (Å²) in [6, 6.07) is 0. The SMILES string of the molecule is CN1[SiH](C)N(C)[SiH]1C. The fourth-order valence-corrected chi connectivity index (χ4v) is 8.78. The number of hydrogen-bond donors (Lipinski definition) is 0. The molecule has 1 heterocycles. The molecule has 0 aromatic rings. The standard InChI is InChI=1S/C4H14N2Si2/c1-5-7(3)6(2)8(5)4/h7-8H,1-4H3. The van der Waals surface area contributed by atoms with Crippen molar-refractivity contribution in [2.24, 2.45) is 0 Å². The minimum atomic E-state index is -0.487. The zero-order valence-corrected chi connectivity index (χ0v) is 8.36. The highest BCUT2D eigenvalue weighted by atomic mass is 28.4. The van der Waals surface area contributed by atoms with Gasteiger partial charge in [-0.05, 0) is 27.2 Å². The van der Waals surface area contributed by atoms with Crippen molar-refractivity contribution in [3.05, 3.63) is 0 Å². The maximum atomic E-state index is 2.61. The van der Waals surface area contributed by atoms with Crippen LogP contribution in [0.15, 0.2) is 0 Å². The minimum absolute atomic E-state index is 0.487. The van der Waals surface area contributed by atoms with Crippen LogP contribution in [0.2, 0.25) is 13.1 Å². The van der Waals surface area contributed by atoms with Gasteiger partial charge in [-0.25, -0.2) is 0 Å². The van der Waals surface area contributed by atoms with Crippen LogP contribution in [0.5, 0.6) is 0 Å². The van der Waals surface area contributed by atoms with Gasteiger partial charge in [-0.2, -0.15) is 0 Å². The van der Waals surface area contributed by atoms with Crippen LogP contribution < -0.4 is 0 Å². The zero-order valence-electron chi connectivity index (χ0n) is 6.05. The Labute approximate surface area is 54.6 Å². The Morgan fingerprint density at radius 2 is 1.12 bits per heavy atom. The molecule has 0 N–H and O–H groups in total. The second-order valence-electron chi connectivity index (χ2n) is 2.59. The maximum absolute atomic E-state index is 2.61. The Hall–Kier alpha value is 0.354. The second-order valence-corrected chi connectivity index (χ2v) is 9.57. The smallest absolute Gasteiger partial charge is 0.174 e. The van der Waals surface area contributed by atoms with Crippen LogP contribution in [-0.2, 0) is 0 Å². The van der Waals surface area contributed by atoms with Crippen molar-refractivity contribution in [3.8, 4) is 0 Å². The summed E-state index contributed by atoms with van der Waals surface area (Å²) in [7, 11) is 3.57. The van der Waals surface area contributed by atoms with E-state index in [9.17, 15) is 0 Å². The Morgan fingerprint density at radius 3 is 1.25 bits per heavy atom. The Morgan fingerprint density at radius 1 is 0.875 bits per heavy atom. The molecule has 0 unspecified atom stereocenters. The monoisotopic (exact) mass is 146 g/mol. The topological polar surface area (TPSA) is 6.48 Å². The lowest BCUT2D eigenvalue weighted by molar-refractivity contribution is 0.545. The van der Waals surface area contributed by atoms with Crippen LogP contribution >= 0.6 is 0 Å². The summed E-state index contributed by atoms with van der Waals surface area (Å²) in [5.41, 5.74) is 0. The fraction of sp³-hybridized carbons (Fsp3) is 1.00. The Bertz CT molecular complexity index is 66.0. The van der Waals surface area contributed by atoms with Crippen LogP contribution in [0.4, 0.5) is 0 Å². The van der Waals surface area contributed by atoms with E-state index < -0.39 is 18.2 Å². The van der Waals surface area contributed by atoms with E-state index in [2.05, 4.69) is 35.7 Å². The fourth-order valence-electron chi connectivity index (χ4n) is 1.13. The molecule has 0 radical (unpaired) electrons. The lowest BCUT2D eigenvalue weighted by Crippen LogP contribution is -2.72. The second kappa shape index (κ2) is 1.95. The zero-order chi connectivity index (χ0) is 6.31. The quantitative estimate of drug-likeness (QED) is 0.428. The molecule has 1 rings (SSSR count). The highest BCUT2D eigenvalue weighted by Gasteiger charge is 2.36. The number of hydrogen-bond acceptors (Lipinski definition) is 2. The largest absolute Gasteiger partial charge is 0.330 e. The molecule has 1 saturated heterocycles. The van der Waals surface area contributed by atoms with E-state index in [0.717, 1.165) is 0 Å². The van der Waals surface area contributed by atoms with E-state index in [0.29, 0.717) is 0 Å². The summed E-state index contributed by atoms with van der Waals surface area (Å²) in [6.45, 7) is 4.76. The molecule has 0 bridgehead atoms. The van der Waals surface area contributed by atoms with E-state index in [1.165, 1.54) is 0 Å². The highest BCUT2D eigenvalue weighted by molar-refractivity contribution is 6.84. The Kier molecular flexibility index (Phi) is 1.57. The summed E-state index contributed by atoms with van der Waals surface area (Å²) in [5.74, 6) is 0. The van der Waals surface area contributed by atoms with E-state index >= 15 is 0 Å².